The summed E-state index contributed by atoms with van der Waals surface area (Å²) < 4.78 is 0. The van der Waals surface area contributed by atoms with Crippen molar-refractivity contribution in [2.24, 2.45) is 0 Å². The fraction of sp³-hybridized carbons (Fsp3) is 0.429. The van der Waals surface area contributed by atoms with E-state index in [1.165, 1.54) is 0 Å². The van der Waals surface area contributed by atoms with Crippen molar-refractivity contribution in [1.82, 2.24) is 4.90 Å². The number of carbonyl (C=O) groups excluding carboxylic acids is 2. The Labute approximate surface area is 107 Å². The quantitative estimate of drug-likeness (QED) is 0.799. The summed E-state index contributed by atoms with van der Waals surface area (Å²) in [5.41, 5.74) is 1.33. The van der Waals surface area contributed by atoms with Gasteiger partial charge < -0.3 is 9.80 Å². The van der Waals surface area contributed by atoms with Crippen LogP contribution in [-0.4, -0.2) is 35.8 Å². The van der Waals surface area contributed by atoms with Gasteiger partial charge in [-0.15, -0.1) is 0 Å². The molecule has 1 aromatic rings. The Morgan fingerprint density at radius 2 is 1.89 bits per heavy atom. The monoisotopic (exact) mass is 246 g/mol. The number of likely N-dealkylation sites (N-methyl/N-ethyl adjacent to an activating group) is 1. The minimum atomic E-state index is -0.0649. The van der Waals surface area contributed by atoms with E-state index in [1.54, 1.807) is 15.9 Å². The molecule has 0 aliphatic carbocycles. The van der Waals surface area contributed by atoms with Gasteiger partial charge in [-0.1, -0.05) is 12.1 Å². The number of fused-ring (bicyclic) bond motifs is 1. The maximum atomic E-state index is 12.4. The standard InChI is InChI=1S/C14H18N2O2/c1-4-15-12-8-6-5-7-11(12)14(18)16(10(2)3)9-13(15)17/h5-8,10H,4,9H2,1-3H3. The maximum Gasteiger partial charge on any atom is 0.256 e. The molecular weight excluding hydrogens is 228 g/mol. The molecule has 1 aliphatic heterocycles. The largest absolute Gasteiger partial charge is 0.327 e. The summed E-state index contributed by atoms with van der Waals surface area (Å²) >= 11 is 0. The van der Waals surface area contributed by atoms with Crippen LogP contribution in [0.1, 0.15) is 31.1 Å². The zero-order valence-corrected chi connectivity index (χ0v) is 11.0. The van der Waals surface area contributed by atoms with Crippen LogP contribution in [0, 0.1) is 0 Å². The first-order valence-electron chi connectivity index (χ1n) is 6.26. The van der Waals surface area contributed by atoms with Gasteiger partial charge in [0, 0.05) is 12.6 Å². The zero-order valence-electron chi connectivity index (χ0n) is 11.0. The number of para-hydroxylation sites is 1. The van der Waals surface area contributed by atoms with Crippen LogP contribution in [0.3, 0.4) is 0 Å². The summed E-state index contributed by atoms with van der Waals surface area (Å²) in [5.74, 6) is -0.0885. The highest BCUT2D eigenvalue weighted by Gasteiger charge is 2.31. The molecule has 1 aromatic carbocycles. The fourth-order valence-corrected chi connectivity index (χ4v) is 2.25. The molecule has 0 N–H and O–H groups in total. The van der Waals surface area contributed by atoms with E-state index in [1.807, 2.05) is 39.0 Å². The summed E-state index contributed by atoms with van der Waals surface area (Å²) in [7, 11) is 0. The van der Waals surface area contributed by atoms with E-state index < -0.39 is 0 Å². The fourth-order valence-electron chi connectivity index (χ4n) is 2.25. The third-order valence-electron chi connectivity index (χ3n) is 3.23. The highest BCUT2D eigenvalue weighted by molar-refractivity contribution is 6.09. The predicted molar refractivity (Wildman–Crippen MR) is 70.6 cm³/mol. The minimum absolute atomic E-state index is 0.0197. The van der Waals surface area contributed by atoms with E-state index in [-0.39, 0.29) is 24.4 Å². The normalized spacial score (nSPS) is 16.0. The van der Waals surface area contributed by atoms with Crippen molar-refractivity contribution in [3.05, 3.63) is 29.8 Å². The number of carbonyl (C=O) groups is 2. The molecule has 4 nitrogen and oxygen atoms in total. The molecular formula is C14H18N2O2. The van der Waals surface area contributed by atoms with Crippen LogP contribution >= 0.6 is 0 Å². The van der Waals surface area contributed by atoms with Crippen molar-refractivity contribution in [3.63, 3.8) is 0 Å². The Kier molecular flexibility index (Phi) is 3.36. The van der Waals surface area contributed by atoms with Crippen molar-refractivity contribution >= 4 is 17.5 Å². The average Bonchev–Trinajstić information content (AvgIpc) is 2.46. The van der Waals surface area contributed by atoms with Gasteiger partial charge in [-0.2, -0.15) is 0 Å². The molecule has 0 bridgehead atoms. The minimum Gasteiger partial charge on any atom is -0.327 e. The van der Waals surface area contributed by atoms with E-state index in [0.717, 1.165) is 5.69 Å². The van der Waals surface area contributed by atoms with Crippen molar-refractivity contribution < 1.29 is 9.59 Å². The first kappa shape index (κ1) is 12.6. The summed E-state index contributed by atoms with van der Waals surface area (Å²) in [6, 6.07) is 7.32. The lowest BCUT2D eigenvalue weighted by atomic mass is 10.1. The van der Waals surface area contributed by atoms with Crippen LogP contribution < -0.4 is 4.90 Å². The molecule has 0 aromatic heterocycles. The maximum absolute atomic E-state index is 12.4. The number of hydrogen-bond donors (Lipinski definition) is 0. The van der Waals surface area contributed by atoms with Crippen LogP contribution in [0.2, 0.25) is 0 Å². The summed E-state index contributed by atoms with van der Waals surface area (Å²) in [5, 5.41) is 0. The lowest BCUT2D eigenvalue weighted by Gasteiger charge is -2.24. The Hall–Kier alpha value is -1.84. The third kappa shape index (κ3) is 1.98. The molecule has 0 spiro atoms. The van der Waals surface area contributed by atoms with Gasteiger partial charge in [-0.3, -0.25) is 9.59 Å². The average molecular weight is 246 g/mol. The van der Waals surface area contributed by atoms with Gasteiger partial charge in [0.1, 0.15) is 6.54 Å². The number of anilines is 1. The lowest BCUT2D eigenvalue weighted by molar-refractivity contribution is -0.119. The molecule has 96 valence electrons. The molecule has 2 rings (SSSR count). The van der Waals surface area contributed by atoms with E-state index in [0.29, 0.717) is 12.1 Å². The first-order valence-corrected chi connectivity index (χ1v) is 6.26. The molecule has 1 aliphatic rings. The first-order chi connectivity index (χ1) is 8.56. The molecule has 0 unspecified atom stereocenters. The number of rotatable bonds is 2. The topological polar surface area (TPSA) is 40.6 Å². The Morgan fingerprint density at radius 3 is 2.50 bits per heavy atom. The molecule has 0 radical (unpaired) electrons. The van der Waals surface area contributed by atoms with Crippen molar-refractivity contribution in [3.8, 4) is 0 Å². The van der Waals surface area contributed by atoms with E-state index >= 15 is 0 Å². The third-order valence-corrected chi connectivity index (χ3v) is 3.23. The SMILES string of the molecule is CCN1C(=O)CN(C(C)C)C(=O)c2ccccc21. The van der Waals surface area contributed by atoms with Crippen LogP contribution in [0.4, 0.5) is 5.69 Å². The smallest absolute Gasteiger partial charge is 0.256 e. The lowest BCUT2D eigenvalue weighted by Crippen LogP contribution is -2.42. The summed E-state index contributed by atoms with van der Waals surface area (Å²) in [6.45, 7) is 6.50. The van der Waals surface area contributed by atoms with Gasteiger partial charge >= 0.3 is 0 Å². The van der Waals surface area contributed by atoms with Gasteiger partial charge in [0.05, 0.1) is 11.3 Å². The van der Waals surface area contributed by atoms with E-state index in [2.05, 4.69) is 0 Å². The van der Waals surface area contributed by atoms with Crippen molar-refractivity contribution in [1.29, 1.82) is 0 Å². The number of benzene rings is 1. The van der Waals surface area contributed by atoms with Gasteiger partial charge in [0.25, 0.3) is 5.91 Å². The molecule has 0 saturated carbocycles. The van der Waals surface area contributed by atoms with Crippen molar-refractivity contribution in [2.45, 2.75) is 26.8 Å². The highest BCUT2D eigenvalue weighted by atomic mass is 16.2. The van der Waals surface area contributed by atoms with Crippen LogP contribution in [-0.2, 0) is 4.79 Å². The molecule has 4 heteroatoms. The van der Waals surface area contributed by atoms with Crippen LogP contribution in [0.5, 0.6) is 0 Å². The highest BCUT2D eigenvalue weighted by Crippen LogP contribution is 2.26. The molecule has 2 amide bonds. The Bertz CT molecular complexity index is 482. The van der Waals surface area contributed by atoms with Crippen LogP contribution in [0.15, 0.2) is 24.3 Å². The zero-order chi connectivity index (χ0) is 13.3. The van der Waals surface area contributed by atoms with Crippen molar-refractivity contribution in [2.75, 3.05) is 18.0 Å². The molecule has 0 saturated heterocycles. The molecule has 1 heterocycles. The number of amides is 2. The predicted octanol–water partition coefficient (Wildman–Crippen LogP) is 1.90. The number of nitrogens with zero attached hydrogens (tertiary/aromatic N) is 2. The van der Waals surface area contributed by atoms with Gasteiger partial charge in [0.15, 0.2) is 0 Å². The Balaban J connectivity index is 2.55. The summed E-state index contributed by atoms with van der Waals surface area (Å²) in [4.78, 5) is 27.9. The molecule has 0 fully saturated rings. The second-order valence-electron chi connectivity index (χ2n) is 4.68. The van der Waals surface area contributed by atoms with E-state index in [9.17, 15) is 9.59 Å². The second kappa shape index (κ2) is 4.80. The molecule has 18 heavy (non-hydrogen) atoms. The Morgan fingerprint density at radius 1 is 1.22 bits per heavy atom. The van der Waals surface area contributed by atoms with Gasteiger partial charge in [-0.25, -0.2) is 0 Å². The summed E-state index contributed by atoms with van der Waals surface area (Å²) in [6.07, 6.45) is 0. The number of hydrogen-bond acceptors (Lipinski definition) is 2. The van der Waals surface area contributed by atoms with E-state index in [4.69, 9.17) is 0 Å². The molecule has 0 atom stereocenters. The van der Waals surface area contributed by atoms with Gasteiger partial charge in [-0.05, 0) is 32.9 Å². The van der Waals surface area contributed by atoms with Crippen LogP contribution in [0.25, 0.3) is 0 Å². The van der Waals surface area contributed by atoms with Gasteiger partial charge in [0.2, 0.25) is 5.91 Å². The second-order valence-corrected chi connectivity index (χ2v) is 4.68.